The summed E-state index contributed by atoms with van der Waals surface area (Å²) in [6, 6.07) is 67.7. The van der Waals surface area contributed by atoms with Gasteiger partial charge in [0.1, 0.15) is 22.8 Å². The smallest absolute Gasteiger partial charge is 0.328 e. The molecule has 12 aliphatic rings. The summed E-state index contributed by atoms with van der Waals surface area (Å²) >= 11 is 0. The second kappa shape index (κ2) is 34.9. The Balaban J connectivity index is 0.000000116. The fraction of sp³-hybridized carbons (Fsp3) is 0.277. The highest BCUT2D eigenvalue weighted by atomic mass is 16.5. The first-order valence-electron chi connectivity index (χ1n) is 41.5. The van der Waals surface area contributed by atoms with Crippen LogP contribution in [0.3, 0.4) is 0 Å². The molecule has 4 amide bonds. The molecule has 4 fully saturated rings. The van der Waals surface area contributed by atoms with Crippen molar-refractivity contribution in [2.75, 3.05) is 98.8 Å². The number of fused-ring (bicyclic) bond motifs is 12. The van der Waals surface area contributed by atoms with Gasteiger partial charge in [0.05, 0.1) is 85.9 Å². The van der Waals surface area contributed by atoms with E-state index in [4.69, 9.17) is 9.47 Å². The number of likely N-dealkylation sites (tertiary alicyclic amines) is 1. The Bertz CT molecular complexity index is 6590. The quantitative estimate of drug-likeness (QED) is 0.137. The molecule has 4 saturated heterocycles. The molecule has 0 N–H and O–H groups in total. The van der Waals surface area contributed by atoms with E-state index in [0.717, 1.165) is 102 Å². The molecule has 0 saturated carbocycles. The van der Waals surface area contributed by atoms with Crippen LogP contribution in [0, 0.1) is 5.92 Å². The van der Waals surface area contributed by atoms with Crippen LogP contribution < -0.4 is 22.2 Å². The zero-order chi connectivity index (χ0) is 84.4. The Morgan fingerprint density at radius 2 is 0.631 bits per heavy atom. The summed E-state index contributed by atoms with van der Waals surface area (Å²) < 4.78 is 22.9. The van der Waals surface area contributed by atoms with Crippen molar-refractivity contribution in [2.24, 2.45) is 5.92 Å². The number of methoxy groups -OCH3 is 1. The van der Waals surface area contributed by atoms with Crippen LogP contribution in [-0.4, -0.2) is 228 Å². The van der Waals surface area contributed by atoms with E-state index in [1.165, 1.54) is 18.7 Å². The first-order chi connectivity index (χ1) is 59.4. The lowest BCUT2D eigenvalue weighted by atomic mass is 9.99. The van der Waals surface area contributed by atoms with E-state index < -0.39 is 0 Å². The number of hydrogen-bond acceptors (Lipinski definition) is 16. The van der Waals surface area contributed by atoms with Gasteiger partial charge in [0, 0.05) is 145 Å². The summed E-state index contributed by atoms with van der Waals surface area (Å²) in [7, 11) is 1.70. The molecule has 2 unspecified atom stereocenters. The maximum Gasteiger partial charge on any atom is 0.328 e. The van der Waals surface area contributed by atoms with Crippen molar-refractivity contribution in [3.63, 3.8) is 0 Å². The minimum absolute atomic E-state index is 0.0378. The molecule has 620 valence electrons. The first kappa shape index (κ1) is 80.6. The molecular weight excluding hydrogens is 1540 g/mol. The normalized spacial score (nSPS) is 16.2. The predicted octanol–water partition coefficient (Wildman–Crippen LogP) is 13.2. The molecule has 0 aliphatic carbocycles. The molecule has 122 heavy (non-hydrogen) atoms. The molecule has 0 bridgehead atoms. The van der Waals surface area contributed by atoms with Gasteiger partial charge in [-0.15, -0.1) is 0 Å². The van der Waals surface area contributed by atoms with Crippen molar-refractivity contribution in [3.8, 4) is 67.8 Å². The highest BCUT2D eigenvalue weighted by Crippen LogP contribution is 2.35. The maximum absolute atomic E-state index is 13.5. The highest BCUT2D eigenvalue weighted by Gasteiger charge is 2.34. The summed E-state index contributed by atoms with van der Waals surface area (Å²) in [5.74, 6) is 0.639. The van der Waals surface area contributed by atoms with Gasteiger partial charge in [0.2, 0.25) is 0 Å². The van der Waals surface area contributed by atoms with E-state index in [9.17, 15) is 38.4 Å². The van der Waals surface area contributed by atoms with Crippen LogP contribution in [0.1, 0.15) is 47.5 Å². The molecule has 28 nitrogen and oxygen atoms in total. The van der Waals surface area contributed by atoms with Gasteiger partial charge >= 0.3 is 24.1 Å². The number of rotatable bonds is 8. The molecular formula is C94H94N18O10. The lowest BCUT2D eigenvalue weighted by Crippen LogP contribution is -2.51. The second-order valence-electron chi connectivity index (χ2n) is 31.7. The number of amides is 4. The van der Waals surface area contributed by atoms with Gasteiger partial charge in [-0.3, -0.25) is 47.2 Å². The number of benzene rings is 8. The average molecular weight is 1640 g/mol. The first-order valence-corrected chi connectivity index (χ1v) is 41.5. The van der Waals surface area contributed by atoms with E-state index in [0.29, 0.717) is 126 Å². The van der Waals surface area contributed by atoms with Crippen molar-refractivity contribution >= 4 is 67.7 Å². The van der Waals surface area contributed by atoms with Crippen molar-refractivity contribution in [3.05, 3.63) is 285 Å². The van der Waals surface area contributed by atoms with Crippen LogP contribution in [-0.2, 0) is 9.47 Å². The summed E-state index contributed by atoms with van der Waals surface area (Å²) in [4.78, 5) is 118. The van der Waals surface area contributed by atoms with E-state index in [-0.39, 0.29) is 58.6 Å². The van der Waals surface area contributed by atoms with Gasteiger partial charge in [-0.25, -0.2) is 19.2 Å². The number of pyridine rings is 4. The number of carbonyl (C=O) groups excluding carboxylic acids is 4. The Morgan fingerprint density at radius 3 is 0.926 bits per heavy atom. The van der Waals surface area contributed by atoms with E-state index in [1.807, 2.05) is 247 Å². The fourth-order valence-corrected chi connectivity index (χ4v) is 16.8. The zero-order valence-corrected chi connectivity index (χ0v) is 68.8. The minimum Gasteiger partial charge on any atom is -0.383 e. The molecule has 12 heterocycles. The topological polar surface area (TPSA) is 265 Å². The minimum atomic E-state index is -0.243. The predicted molar refractivity (Wildman–Crippen MR) is 471 cm³/mol. The number of aromatic nitrogens is 12. The van der Waals surface area contributed by atoms with Crippen molar-refractivity contribution in [2.45, 2.75) is 65.7 Å². The number of para-hydroxylation sites is 8. The molecule has 0 spiro atoms. The van der Waals surface area contributed by atoms with Gasteiger partial charge in [-0.1, -0.05) is 153 Å². The van der Waals surface area contributed by atoms with Crippen LogP contribution >= 0.6 is 0 Å². The molecule has 0 aromatic heterocycles. The van der Waals surface area contributed by atoms with Crippen molar-refractivity contribution < 1.29 is 28.7 Å². The van der Waals surface area contributed by atoms with E-state index >= 15 is 0 Å². The third-order valence-electron chi connectivity index (χ3n) is 23.4. The monoisotopic (exact) mass is 1630 g/mol. The Morgan fingerprint density at radius 1 is 0.361 bits per heavy atom. The van der Waals surface area contributed by atoms with Gasteiger partial charge in [-0.05, 0) is 119 Å². The number of morpholine rings is 1. The Labute approximate surface area is 702 Å². The second-order valence-corrected chi connectivity index (χ2v) is 31.7. The van der Waals surface area contributed by atoms with Gasteiger partial charge in [0.15, 0.2) is 0 Å². The Hall–Kier alpha value is -13.8. The van der Waals surface area contributed by atoms with Gasteiger partial charge in [-0.2, -0.15) is 39.1 Å². The van der Waals surface area contributed by atoms with Crippen LogP contribution in [0.4, 0.5) is 19.2 Å². The number of piperidine rings is 1. The van der Waals surface area contributed by atoms with E-state index in [2.05, 4.69) is 51.0 Å². The summed E-state index contributed by atoms with van der Waals surface area (Å²) in [6.07, 6.45) is 8.52. The SMILES string of the molecule is CC(C)N1CCN(C(=O)n2cc3c(=O)n(-c4ccccc4)nc-3c3ccccc32)CC1.CC1CCN(C(=O)n2cc3c(=O)n(-c4ccccc4)nc-3c3ccccc32)CC1.CC1CN(C(=O)n2cc3c(=O)n(-c4ccccc4)nc-3c3ccccc32)CC(C)O1.COCCN1CCN(C(=O)n2cc3c(=O)n(-c4ccccc4)nc-3c3ccccc32)CC1. The zero-order valence-electron chi connectivity index (χ0n) is 68.8. The average Bonchev–Trinajstić information content (AvgIpc) is 1.57. The third-order valence-corrected chi connectivity index (χ3v) is 23.4. The van der Waals surface area contributed by atoms with Crippen molar-refractivity contribution in [1.82, 2.24) is 86.8 Å². The number of ether oxygens (including phenoxy) is 2. The number of piperazine rings is 2. The van der Waals surface area contributed by atoms with Crippen LogP contribution in [0.15, 0.2) is 262 Å². The van der Waals surface area contributed by atoms with Gasteiger partial charge < -0.3 is 29.1 Å². The number of carbonyl (C=O) groups is 4. The largest absolute Gasteiger partial charge is 0.383 e. The summed E-state index contributed by atoms with van der Waals surface area (Å²) in [5, 5.41) is 21.6. The van der Waals surface area contributed by atoms with Crippen LogP contribution in [0.5, 0.6) is 0 Å². The molecule has 8 aromatic carbocycles. The maximum atomic E-state index is 13.5. The van der Waals surface area contributed by atoms with Crippen molar-refractivity contribution in [1.29, 1.82) is 0 Å². The Kier molecular flexibility index (Phi) is 23.0. The number of nitrogens with zero attached hydrogens (tertiary/aromatic N) is 18. The standard InChI is InChI=1S/C24H25N5O3.C24H25N5O2.C23H22N4O3.C23H22N4O2/c1-32-16-15-26-11-13-27(14-12-26)24(31)28-17-20-22(19-9-5-6-10-21(19)28)25-29(23(20)30)18-7-3-2-4-8-18;1-17(2)26-12-14-27(15-13-26)24(31)28-16-20-22(19-10-6-7-11-21(19)28)25-29(23(20)30)18-8-4-3-5-9-18;1-15-12-25(13-16(2)30-15)23(29)26-14-19-21(18-10-6-7-11-20(18)26)24-27(22(19)28)17-8-4-3-5-9-17;1-16-11-13-25(14-12-16)23(29)26-15-19-21(18-9-5-6-10-20(18)26)24-27(22(19)28)17-7-3-2-4-8-17/h2-10,17H,11-16H2,1H3;3-11,16-17H,12-15H2,1-2H3;3-11,14-16H,12-13H2,1-2H3;2-10,15-16H,11-14H2,1H3. The summed E-state index contributed by atoms with van der Waals surface area (Å²) in [5.41, 5.74) is 9.02. The van der Waals surface area contributed by atoms with Crippen LogP contribution in [0.2, 0.25) is 0 Å². The highest BCUT2D eigenvalue weighted by molar-refractivity contribution is 6.03. The summed E-state index contributed by atoms with van der Waals surface area (Å²) in [6.45, 7) is 20.4. The molecule has 0 radical (unpaired) electrons. The fourth-order valence-electron chi connectivity index (χ4n) is 16.8. The molecule has 28 heteroatoms. The molecule has 8 aromatic rings. The lowest BCUT2D eigenvalue weighted by molar-refractivity contribution is -0.0543. The molecule has 12 aliphatic heterocycles. The van der Waals surface area contributed by atoms with Gasteiger partial charge in [0.25, 0.3) is 22.2 Å². The van der Waals surface area contributed by atoms with Crippen LogP contribution in [0.25, 0.3) is 111 Å². The number of hydrogen-bond donors (Lipinski definition) is 0. The van der Waals surface area contributed by atoms with E-state index in [1.54, 1.807) is 55.1 Å². The molecule has 20 rings (SSSR count). The third kappa shape index (κ3) is 15.9. The lowest BCUT2D eigenvalue weighted by Gasteiger charge is -2.37. The molecule has 2 atom stereocenters.